The molecular weight excluding hydrogens is 402 g/mol. The summed E-state index contributed by atoms with van der Waals surface area (Å²) in [6.45, 7) is 11.1. The fraction of sp³-hybridized carbons (Fsp3) is 0.815. The van der Waals surface area contributed by atoms with E-state index >= 15 is 0 Å². The van der Waals surface area contributed by atoms with Crippen LogP contribution in [0.15, 0.2) is 23.8 Å². The van der Waals surface area contributed by atoms with Gasteiger partial charge in [0.2, 0.25) is 5.91 Å². The predicted molar refractivity (Wildman–Crippen MR) is 130 cm³/mol. The van der Waals surface area contributed by atoms with Crippen molar-refractivity contribution in [1.82, 2.24) is 4.90 Å². The molecule has 0 aromatic carbocycles. The Morgan fingerprint density at radius 1 is 1.38 bits per heavy atom. The second-order valence-electron chi connectivity index (χ2n) is 11.1. The summed E-state index contributed by atoms with van der Waals surface area (Å²) in [5, 5.41) is 21.0. The summed E-state index contributed by atoms with van der Waals surface area (Å²) in [5.41, 5.74) is 1.17. The maximum Gasteiger partial charge on any atom is 0.248 e. The number of unbranched alkanes of at least 4 members (excludes halogenated alkanes) is 1. The molecule has 1 amide bonds. The van der Waals surface area contributed by atoms with Crippen molar-refractivity contribution in [3.05, 3.63) is 23.8 Å². The monoisotopic (exact) mass is 449 g/mol. The van der Waals surface area contributed by atoms with Gasteiger partial charge >= 0.3 is 0 Å². The first-order valence-electron chi connectivity index (χ1n) is 12.6. The molecule has 0 aliphatic heterocycles. The summed E-state index contributed by atoms with van der Waals surface area (Å²) in [4.78, 5) is 13.9. The minimum atomic E-state index is -0.431. The number of nitrogens with zero attached hydrogens (tertiary/aromatic N) is 1. The van der Waals surface area contributed by atoms with Crippen molar-refractivity contribution in [1.29, 1.82) is 0 Å². The number of likely N-dealkylation sites (N-methyl/N-ethyl adjacent to an activating group) is 1. The van der Waals surface area contributed by atoms with Crippen LogP contribution in [0, 0.1) is 23.7 Å². The summed E-state index contributed by atoms with van der Waals surface area (Å²) in [7, 11) is 1.81. The van der Waals surface area contributed by atoms with Gasteiger partial charge in [0.25, 0.3) is 0 Å². The highest BCUT2D eigenvalue weighted by atomic mass is 16.5. The van der Waals surface area contributed by atoms with Crippen LogP contribution < -0.4 is 0 Å². The molecule has 184 valence electrons. The molecule has 0 bridgehead atoms. The molecule has 1 saturated carbocycles. The highest BCUT2D eigenvalue weighted by Gasteiger charge is 2.43. The van der Waals surface area contributed by atoms with Crippen molar-refractivity contribution in [3.8, 4) is 0 Å². The molecular formula is C27H47NO4. The van der Waals surface area contributed by atoms with E-state index in [2.05, 4.69) is 26.0 Å². The van der Waals surface area contributed by atoms with Crippen molar-refractivity contribution in [2.24, 2.45) is 23.7 Å². The smallest absolute Gasteiger partial charge is 0.248 e. The van der Waals surface area contributed by atoms with Crippen molar-refractivity contribution in [3.63, 3.8) is 0 Å². The van der Waals surface area contributed by atoms with Gasteiger partial charge < -0.3 is 19.8 Å². The van der Waals surface area contributed by atoms with Crippen LogP contribution in [0.25, 0.3) is 0 Å². The van der Waals surface area contributed by atoms with E-state index in [0.717, 1.165) is 32.1 Å². The third-order valence-electron chi connectivity index (χ3n) is 7.37. The maximum atomic E-state index is 12.2. The Morgan fingerprint density at radius 2 is 2.09 bits per heavy atom. The average Bonchev–Trinajstić information content (AvgIpc) is 3.22. The van der Waals surface area contributed by atoms with Crippen LogP contribution in [-0.2, 0) is 9.53 Å². The van der Waals surface area contributed by atoms with Gasteiger partial charge in [0.15, 0.2) is 0 Å². The molecule has 0 heterocycles. The number of aliphatic hydroxyl groups is 2. The highest BCUT2D eigenvalue weighted by molar-refractivity contribution is 5.77. The van der Waals surface area contributed by atoms with E-state index in [4.69, 9.17) is 4.74 Å². The molecule has 0 aromatic rings. The molecule has 6 atom stereocenters. The molecule has 0 spiro atoms. The maximum absolute atomic E-state index is 12.2. The van der Waals surface area contributed by atoms with Gasteiger partial charge in [0, 0.05) is 18.5 Å². The van der Waals surface area contributed by atoms with Gasteiger partial charge in [-0.25, -0.2) is 0 Å². The van der Waals surface area contributed by atoms with E-state index in [1.807, 2.05) is 33.9 Å². The van der Waals surface area contributed by atoms with Crippen molar-refractivity contribution in [2.75, 3.05) is 20.3 Å². The molecule has 0 unspecified atom stereocenters. The summed E-state index contributed by atoms with van der Waals surface area (Å²) in [6.07, 6.45) is 12.5. The molecule has 32 heavy (non-hydrogen) atoms. The van der Waals surface area contributed by atoms with Gasteiger partial charge in [-0.05, 0) is 64.2 Å². The standard InChI is InChI=1S/C27H47NO4/c1-7-8-9-19(2)14-22(29)10-11-23-24-16-20(15-21(24)17-25(23)30)12-13-32-18-26(31)28(6)27(3,4)5/h10-11,15,19,21-25,29-30H,7-9,12-14,16-18H2,1-6H3/b11-10+/t19-,21-,22+,23+,24-,25+/m0/s1. The van der Waals surface area contributed by atoms with Gasteiger partial charge in [-0.1, -0.05) is 56.9 Å². The quantitative estimate of drug-likeness (QED) is 0.334. The van der Waals surface area contributed by atoms with Gasteiger partial charge in [-0.2, -0.15) is 0 Å². The van der Waals surface area contributed by atoms with Crippen LogP contribution in [0.3, 0.4) is 0 Å². The summed E-state index contributed by atoms with van der Waals surface area (Å²) < 4.78 is 5.66. The zero-order valence-electron chi connectivity index (χ0n) is 21.2. The number of fused-ring (bicyclic) bond motifs is 1. The highest BCUT2D eigenvalue weighted by Crippen LogP contribution is 2.48. The molecule has 5 heteroatoms. The van der Waals surface area contributed by atoms with Crippen LogP contribution in [0.5, 0.6) is 0 Å². The number of amides is 1. The van der Waals surface area contributed by atoms with E-state index in [1.165, 1.54) is 18.4 Å². The van der Waals surface area contributed by atoms with Gasteiger partial charge in [0.1, 0.15) is 6.61 Å². The van der Waals surface area contributed by atoms with Crippen molar-refractivity contribution in [2.45, 2.75) is 97.3 Å². The normalized spacial score (nSPS) is 27.4. The summed E-state index contributed by atoms with van der Waals surface area (Å²) >= 11 is 0. The Kier molecular flexibility index (Phi) is 10.4. The Bertz CT molecular complexity index is 651. The molecule has 2 N–H and O–H groups in total. The lowest BCUT2D eigenvalue weighted by Gasteiger charge is -2.31. The largest absolute Gasteiger partial charge is 0.392 e. The zero-order chi connectivity index (χ0) is 23.9. The lowest BCUT2D eigenvalue weighted by atomic mass is 9.88. The lowest BCUT2D eigenvalue weighted by Crippen LogP contribution is -2.44. The Morgan fingerprint density at radius 3 is 2.75 bits per heavy atom. The topological polar surface area (TPSA) is 70.0 Å². The number of aliphatic hydroxyl groups excluding tert-OH is 2. The molecule has 0 saturated heterocycles. The van der Waals surface area contributed by atoms with E-state index in [0.29, 0.717) is 24.4 Å². The fourth-order valence-corrected chi connectivity index (χ4v) is 5.04. The number of rotatable bonds is 12. The molecule has 5 nitrogen and oxygen atoms in total. The van der Waals surface area contributed by atoms with Crippen LogP contribution in [0.2, 0.25) is 0 Å². The first-order chi connectivity index (χ1) is 15.0. The van der Waals surface area contributed by atoms with Crippen LogP contribution in [0.4, 0.5) is 0 Å². The van der Waals surface area contributed by atoms with Crippen molar-refractivity contribution >= 4 is 5.91 Å². The third-order valence-corrected chi connectivity index (χ3v) is 7.37. The molecule has 1 fully saturated rings. The van der Waals surface area contributed by atoms with Gasteiger partial charge in [-0.15, -0.1) is 0 Å². The van der Waals surface area contributed by atoms with E-state index in [9.17, 15) is 15.0 Å². The lowest BCUT2D eigenvalue weighted by molar-refractivity contribution is -0.139. The fourth-order valence-electron chi connectivity index (χ4n) is 5.04. The number of ether oxygens (including phenoxy) is 1. The first kappa shape index (κ1) is 27.1. The predicted octanol–water partition coefficient (Wildman–Crippen LogP) is 4.73. The average molecular weight is 450 g/mol. The Balaban J connectivity index is 1.76. The SMILES string of the molecule is CCCC[C@H](C)C[C@H](O)/C=C/[C@@H]1[C@H]2CC(CCOCC(=O)N(C)C(C)(C)C)=C[C@H]2C[C@H]1O. The molecule has 2 aliphatic carbocycles. The summed E-state index contributed by atoms with van der Waals surface area (Å²) in [5.74, 6) is 1.45. The summed E-state index contributed by atoms with van der Waals surface area (Å²) in [6, 6.07) is 0. The number of carbonyl (C=O) groups excluding carboxylic acids is 1. The van der Waals surface area contributed by atoms with Gasteiger partial charge in [0.05, 0.1) is 18.8 Å². The van der Waals surface area contributed by atoms with E-state index in [1.54, 1.807) is 4.90 Å². The zero-order valence-corrected chi connectivity index (χ0v) is 21.2. The van der Waals surface area contributed by atoms with E-state index in [-0.39, 0.29) is 30.1 Å². The van der Waals surface area contributed by atoms with Crippen LogP contribution >= 0.6 is 0 Å². The van der Waals surface area contributed by atoms with Crippen LogP contribution in [-0.4, -0.2) is 59.0 Å². The van der Waals surface area contributed by atoms with Crippen LogP contribution in [0.1, 0.15) is 79.6 Å². The minimum absolute atomic E-state index is 0.00525. The second-order valence-corrected chi connectivity index (χ2v) is 11.1. The minimum Gasteiger partial charge on any atom is -0.392 e. The number of allylic oxidation sites excluding steroid dienone is 1. The number of hydrogen-bond acceptors (Lipinski definition) is 4. The van der Waals surface area contributed by atoms with Gasteiger partial charge in [-0.3, -0.25) is 4.79 Å². The second kappa shape index (κ2) is 12.3. The Hall–Kier alpha value is -1.17. The molecule has 0 aromatic heterocycles. The number of hydrogen-bond donors (Lipinski definition) is 2. The van der Waals surface area contributed by atoms with E-state index < -0.39 is 6.10 Å². The first-order valence-corrected chi connectivity index (χ1v) is 12.6. The third kappa shape index (κ3) is 8.00. The van der Waals surface area contributed by atoms with Crippen molar-refractivity contribution < 1.29 is 19.7 Å². The number of carbonyl (C=O) groups is 1. The molecule has 2 aliphatic rings. The molecule has 0 radical (unpaired) electrons. The molecule has 2 rings (SSSR count). The Labute approximate surface area is 195 Å².